The smallest absolute Gasteiger partial charge is 0.242 e. The van der Waals surface area contributed by atoms with Crippen molar-refractivity contribution < 1.29 is 9.18 Å². The average molecular weight is 525 g/mol. The van der Waals surface area contributed by atoms with E-state index in [0.717, 1.165) is 0 Å². The Bertz CT molecular complexity index is 1830. The zero-order chi connectivity index (χ0) is 26.6. The number of anilines is 2. The molecule has 6 rings (SSSR count). The largest absolute Gasteiger partial charge is 0.383 e. The highest BCUT2D eigenvalue weighted by atomic mass is 35.5. The van der Waals surface area contributed by atoms with Crippen molar-refractivity contribution in [2.45, 2.75) is 18.9 Å². The fourth-order valence-corrected chi connectivity index (χ4v) is 4.92. The van der Waals surface area contributed by atoms with Crippen LogP contribution in [0, 0.1) is 17.1 Å². The van der Waals surface area contributed by atoms with Crippen LogP contribution in [0.4, 0.5) is 16.0 Å². The van der Waals surface area contributed by atoms with Crippen LogP contribution in [0.5, 0.6) is 0 Å². The van der Waals surface area contributed by atoms with E-state index in [1.165, 1.54) is 6.07 Å². The minimum Gasteiger partial charge on any atom is -0.383 e. The van der Waals surface area contributed by atoms with E-state index in [1.807, 2.05) is 6.07 Å². The van der Waals surface area contributed by atoms with Crippen molar-refractivity contribution >= 4 is 40.0 Å². The molecule has 3 N–H and O–H groups in total. The van der Waals surface area contributed by atoms with Crippen molar-refractivity contribution in [2.75, 3.05) is 11.1 Å². The number of fused-ring (bicyclic) bond motifs is 2. The first kappa shape index (κ1) is 23.5. The quantitative estimate of drug-likeness (QED) is 0.354. The summed E-state index contributed by atoms with van der Waals surface area (Å²) in [5, 5.41) is 17.9. The molecule has 1 aliphatic heterocycles. The maximum Gasteiger partial charge on any atom is 0.242 e. The summed E-state index contributed by atoms with van der Waals surface area (Å²) in [6, 6.07) is 18.5. The SMILES string of the molecule is CC1(c2cccc(C#N)n2)C(=O)Nc2nc(-c3nn(Cc4ccccc4F)c4cc(Cl)ccc34)nc(N)c21. The first-order chi connectivity index (χ1) is 18.3. The first-order valence-corrected chi connectivity index (χ1v) is 11.9. The van der Waals surface area contributed by atoms with Crippen LogP contribution in [0.2, 0.25) is 5.02 Å². The van der Waals surface area contributed by atoms with Gasteiger partial charge in [-0.2, -0.15) is 10.4 Å². The third-order valence-electron chi connectivity index (χ3n) is 6.70. The Morgan fingerprint density at radius 1 is 1.13 bits per heavy atom. The molecule has 1 unspecified atom stereocenters. The molecule has 2 aromatic carbocycles. The van der Waals surface area contributed by atoms with Gasteiger partial charge in [0.15, 0.2) is 5.82 Å². The van der Waals surface area contributed by atoms with Gasteiger partial charge < -0.3 is 11.1 Å². The molecule has 0 aliphatic carbocycles. The van der Waals surface area contributed by atoms with Gasteiger partial charge in [0.25, 0.3) is 0 Å². The van der Waals surface area contributed by atoms with Gasteiger partial charge >= 0.3 is 0 Å². The van der Waals surface area contributed by atoms with Crippen molar-refractivity contribution in [3.05, 3.63) is 94.0 Å². The van der Waals surface area contributed by atoms with E-state index in [9.17, 15) is 14.4 Å². The number of nitriles is 1. The van der Waals surface area contributed by atoms with Crippen LogP contribution in [0.25, 0.3) is 22.4 Å². The number of benzene rings is 2. The molecule has 0 bridgehead atoms. The van der Waals surface area contributed by atoms with Crippen molar-refractivity contribution in [3.63, 3.8) is 0 Å². The van der Waals surface area contributed by atoms with Crippen LogP contribution >= 0.6 is 11.6 Å². The number of nitrogens with two attached hydrogens (primary N) is 1. The lowest BCUT2D eigenvalue weighted by Gasteiger charge is -2.22. The highest BCUT2D eigenvalue weighted by Gasteiger charge is 2.49. The number of amides is 1. The van der Waals surface area contributed by atoms with E-state index < -0.39 is 11.3 Å². The van der Waals surface area contributed by atoms with Crippen molar-refractivity contribution in [3.8, 4) is 17.6 Å². The number of aromatic nitrogens is 5. The van der Waals surface area contributed by atoms with Crippen molar-refractivity contribution in [2.24, 2.45) is 0 Å². The lowest BCUT2D eigenvalue weighted by atomic mass is 9.80. The van der Waals surface area contributed by atoms with Gasteiger partial charge in [-0.15, -0.1) is 0 Å². The van der Waals surface area contributed by atoms with Gasteiger partial charge in [0, 0.05) is 16.0 Å². The molecule has 0 saturated heterocycles. The van der Waals surface area contributed by atoms with Gasteiger partial charge in [0.2, 0.25) is 5.91 Å². The predicted octanol–water partition coefficient (Wildman–Crippen LogP) is 4.44. The number of nitrogen functional groups attached to an aromatic ring is 1. The molecule has 0 saturated carbocycles. The summed E-state index contributed by atoms with van der Waals surface area (Å²) in [5.74, 6) is -0.261. The molecule has 5 aromatic rings. The molecule has 38 heavy (non-hydrogen) atoms. The van der Waals surface area contributed by atoms with Gasteiger partial charge in [-0.1, -0.05) is 35.9 Å². The molecule has 3 aromatic heterocycles. The molecule has 0 fully saturated rings. The Kier molecular flexibility index (Phi) is 5.33. The lowest BCUT2D eigenvalue weighted by molar-refractivity contribution is -0.119. The minimum absolute atomic E-state index is 0.0702. The Balaban J connectivity index is 1.50. The van der Waals surface area contributed by atoms with E-state index in [2.05, 4.69) is 25.4 Å². The fraction of sp³-hybridized carbons (Fsp3) is 0.111. The zero-order valence-electron chi connectivity index (χ0n) is 19.9. The number of carbonyl (C=O) groups excluding carboxylic acids is 1. The van der Waals surface area contributed by atoms with E-state index in [-0.39, 0.29) is 35.5 Å². The molecule has 186 valence electrons. The van der Waals surface area contributed by atoms with Crippen LogP contribution < -0.4 is 11.1 Å². The summed E-state index contributed by atoms with van der Waals surface area (Å²) in [7, 11) is 0. The molecular weight excluding hydrogens is 507 g/mol. The lowest BCUT2D eigenvalue weighted by Crippen LogP contribution is -2.34. The normalized spacial score (nSPS) is 16.3. The number of pyridine rings is 1. The van der Waals surface area contributed by atoms with Gasteiger partial charge in [-0.25, -0.2) is 19.3 Å². The van der Waals surface area contributed by atoms with Crippen molar-refractivity contribution in [1.29, 1.82) is 5.26 Å². The number of carbonyl (C=O) groups is 1. The number of nitrogens with zero attached hydrogens (tertiary/aromatic N) is 6. The fourth-order valence-electron chi connectivity index (χ4n) is 4.75. The van der Waals surface area contributed by atoms with Crippen molar-refractivity contribution in [1.82, 2.24) is 24.7 Å². The van der Waals surface area contributed by atoms with E-state index >= 15 is 0 Å². The number of hydrogen-bond acceptors (Lipinski definition) is 7. The Morgan fingerprint density at radius 3 is 2.74 bits per heavy atom. The highest BCUT2D eigenvalue weighted by Crippen LogP contribution is 2.44. The molecule has 1 amide bonds. The van der Waals surface area contributed by atoms with Crippen LogP contribution in [-0.4, -0.2) is 30.6 Å². The maximum absolute atomic E-state index is 14.4. The summed E-state index contributed by atoms with van der Waals surface area (Å²) in [6.07, 6.45) is 0. The monoisotopic (exact) mass is 524 g/mol. The summed E-state index contributed by atoms with van der Waals surface area (Å²) in [5.41, 5.74) is 7.53. The van der Waals surface area contributed by atoms with E-state index in [4.69, 9.17) is 17.3 Å². The maximum atomic E-state index is 14.4. The molecule has 0 spiro atoms. The summed E-state index contributed by atoms with van der Waals surface area (Å²) < 4.78 is 16.0. The second-order valence-corrected chi connectivity index (χ2v) is 9.45. The Labute approximate surface area is 220 Å². The van der Waals surface area contributed by atoms with Crippen LogP contribution in [0.3, 0.4) is 0 Å². The Morgan fingerprint density at radius 2 is 1.95 bits per heavy atom. The zero-order valence-corrected chi connectivity index (χ0v) is 20.7. The number of hydrogen-bond donors (Lipinski definition) is 2. The third-order valence-corrected chi connectivity index (χ3v) is 6.94. The van der Waals surface area contributed by atoms with Crippen LogP contribution in [0.1, 0.15) is 29.4 Å². The minimum atomic E-state index is -1.30. The molecule has 9 nitrogen and oxygen atoms in total. The first-order valence-electron chi connectivity index (χ1n) is 11.6. The highest BCUT2D eigenvalue weighted by molar-refractivity contribution is 6.31. The molecule has 1 aliphatic rings. The van der Waals surface area contributed by atoms with Crippen LogP contribution in [-0.2, 0) is 16.8 Å². The number of nitrogens with one attached hydrogen (secondary N) is 1. The third kappa shape index (κ3) is 3.55. The molecule has 1 atom stereocenters. The summed E-state index contributed by atoms with van der Waals surface area (Å²) in [6.45, 7) is 1.82. The van der Waals surface area contributed by atoms with Gasteiger partial charge in [-0.05, 0) is 43.3 Å². The van der Waals surface area contributed by atoms with E-state index in [1.54, 1.807) is 66.2 Å². The average Bonchev–Trinajstić information content (AvgIpc) is 3.39. The van der Waals surface area contributed by atoms with E-state index in [0.29, 0.717) is 38.4 Å². The number of halogens is 2. The predicted molar refractivity (Wildman–Crippen MR) is 140 cm³/mol. The summed E-state index contributed by atoms with van der Waals surface area (Å²) in [4.78, 5) is 26.7. The molecule has 0 radical (unpaired) electrons. The standard InChI is InChI=1S/C27H18ClFN8O/c1-27(20-8-4-6-16(12-30)32-20)21-23(31)33-25(34-24(21)35-26(27)38)22-17-10-9-15(28)11-19(17)37(36-22)13-14-5-2-3-7-18(14)29/h2-11H,13H2,1H3,(H3,31,33,34,35,38). The van der Waals surface area contributed by atoms with Gasteiger partial charge in [0.1, 0.15) is 40.3 Å². The summed E-state index contributed by atoms with van der Waals surface area (Å²) >= 11 is 6.27. The Hall–Kier alpha value is -4.88. The van der Waals surface area contributed by atoms with Gasteiger partial charge in [0.05, 0.1) is 23.3 Å². The molecular formula is C27H18ClFN8O. The number of rotatable bonds is 4. The molecule has 11 heteroatoms. The molecule has 4 heterocycles. The van der Waals surface area contributed by atoms with Gasteiger partial charge in [-0.3, -0.25) is 9.48 Å². The second-order valence-electron chi connectivity index (χ2n) is 9.01. The topological polar surface area (TPSA) is 135 Å². The second kappa shape index (κ2) is 8.61. The van der Waals surface area contributed by atoms with Crippen LogP contribution in [0.15, 0.2) is 60.7 Å².